The van der Waals surface area contributed by atoms with Crippen molar-refractivity contribution < 1.29 is 27.4 Å². The smallest absolute Gasteiger partial charge is 0.260 e. The Morgan fingerprint density at radius 1 is 1.02 bits per heavy atom. The molecule has 1 atom stereocenters. The number of sulfonamides is 1. The number of amides is 1. The number of ether oxygens (including phenoxy) is 3. The Bertz CT molecular complexity index is 1360. The van der Waals surface area contributed by atoms with Gasteiger partial charge in [-0.15, -0.1) is 0 Å². The summed E-state index contributed by atoms with van der Waals surface area (Å²) in [5.74, 6) is 1.33. The predicted octanol–water partition coefficient (Wildman–Crippen LogP) is 5.44. The maximum Gasteiger partial charge on any atom is 0.260 e. The van der Waals surface area contributed by atoms with Crippen molar-refractivity contribution in [3.63, 3.8) is 0 Å². The van der Waals surface area contributed by atoms with Crippen molar-refractivity contribution >= 4 is 42.6 Å². The quantitative estimate of drug-likeness (QED) is 0.277. The van der Waals surface area contributed by atoms with Crippen LogP contribution < -0.4 is 14.4 Å². The van der Waals surface area contributed by atoms with Crippen molar-refractivity contribution in [2.24, 2.45) is 11.8 Å². The minimum atomic E-state index is -3.71. The number of thiazole rings is 1. The summed E-state index contributed by atoms with van der Waals surface area (Å²) in [5.41, 5.74) is 0.984. The van der Waals surface area contributed by atoms with Gasteiger partial charge in [-0.2, -0.15) is 4.31 Å². The standard InChI is InChI=1S/C29H39N3O6S2/c1-19(2)16-31(17-20(3)4)40(34,35)23-11-9-21(10-12-23)28(33)32(18-22-8-7-15-38-22)29-30-26-24(36-5)13-14-25(37-6)27(26)39-29/h9-14,19-20,22H,7-8,15-18H2,1-6H3. The van der Waals surface area contributed by atoms with Crippen LogP contribution in [0.2, 0.25) is 0 Å². The number of hydrogen-bond acceptors (Lipinski definition) is 8. The van der Waals surface area contributed by atoms with Gasteiger partial charge in [0.1, 0.15) is 21.7 Å². The van der Waals surface area contributed by atoms with Gasteiger partial charge in [-0.25, -0.2) is 13.4 Å². The first-order valence-electron chi connectivity index (χ1n) is 13.6. The van der Waals surface area contributed by atoms with Gasteiger partial charge in [-0.05, 0) is 61.1 Å². The molecule has 2 aromatic carbocycles. The van der Waals surface area contributed by atoms with Crippen LogP contribution in [-0.2, 0) is 14.8 Å². The van der Waals surface area contributed by atoms with Crippen LogP contribution in [0, 0.1) is 11.8 Å². The van der Waals surface area contributed by atoms with Crippen LogP contribution in [0.1, 0.15) is 50.9 Å². The van der Waals surface area contributed by atoms with Gasteiger partial charge in [0.15, 0.2) is 5.13 Å². The fourth-order valence-corrected chi connectivity index (χ4v) is 7.64. The van der Waals surface area contributed by atoms with E-state index in [2.05, 4.69) is 0 Å². The van der Waals surface area contributed by atoms with Crippen LogP contribution in [0.5, 0.6) is 11.5 Å². The van der Waals surface area contributed by atoms with Crippen LogP contribution in [0.15, 0.2) is 41.3 Å². The number of benzene rings is 2. The number of carbonyl (C=O) groups excluding carboxylic acids is 1. The van der Waals surface area contributed by atoms with Crippen molar-refractivity contribution in [3.8, 4) is 11.5 Å². The van der Waals surface area contributed by atoms with E-state index in [0.29, 0.717) is 54.0 Å². The molecule has 1 aliphatic rings. The van der Waals surface area contributed by atoms with E-state index in [0.717, 1.165) is 17.5 Å². The largest absolute Gasteiger partial charge is 0.495 e. The van der Waals surface area contributed by atoms with Crippen molar-refractivity contribution in [2.75, 3.05) is 45.4 Å². The minimum Gasteiger partial charge on any atom is -0.495 e. The van der Waals surface area contributed by atoms with Crippen molar-refractivity contribution in [2.45, 2.75) is 51.5 Å². The Balaban J connectivity index is 1.68. The highest BCUT2D eigenvalue weighted by Gasteiger charge is 2.30. The molecule has 40 heavy (non-hydrogen) atoms. The summed E-state index contributed by atoms with van der Waals surface area (Å²) in [6.45, 7) is 9.85. The first-order valence-corrected chi connectivity index (χ1v) is 15.9. The molecule has 1 saturated heterocycles. The number of rotatable bonds is 12. The molecule has 11 heteroatoms. The second-order valence-electron chi connectivity index (χ2n) is 10.8. The zero-order valence-electron chi connectivity index (χ0n) is 24.0. The van der Waals surface area contributed by atoms with Gasteiger partial charge < -0.3 is 14.2 Å². The molecule has 0 saturated carbocycles. The van der Waals surface area contributed by atoms with E-state index < -0.39 is 10.0 Å². The Hall–Kier alpha value is -2.73. The molecule has 0 bridgehead atoms. The summed E-state index contributed by atoms with van der Waals surface area (Å²) >= 11 is 1.35. The molecular formula is C29H39N3O6S2. The lowest BCUT2D eigenvalue weighted by molar-refractivity contribution is 0.0917. The van der Waals surface area contributed by atoms with Gasteiger partial charge >= 0.3 is 0 Å². The summed E-state index contributed by atoms with van der Waals surface area (Å²) in [6.07, 6.45) is 1.67. The topological polar surface area (TPSA) is 98.3 Å². The van der Waals surface area contributed by atoms with Crippen LogP contribution in [0.25, 0.3) is 10.2 Å². The number of carbonyl (C=O) groups is 1. The third-order valence-electron chi connectivity index (χ3n) is 6.66. The Kier molecular flexibility index (Phi) is 9.71. The van der Waals surface area contributed by atoms with Crippen LogP contribution in [0.3, 0.4) is 0 Å². The molecule has 218 valence electrons. The van der Waals surface area contributed by atoms with Gasteiger partial charge in [0.05, 0.1) is 31.8 Å². The number of fused-ring (bicyclic) bond motifs is 1. The monoisotopic (exact) mass is 589 g/mol. The Labute approximate surface area is 241 Å². The summed E-state index contributed by atoms with van der Waals surface area (Å²) in [4.78, 5) is 20.5. The lowest BCUT2D eigenvalue weighted by Crippen LogP contribution is -2.38. The molecule has 3 aromatic rings. The number of hydrogen-bond donors (Lipinski definition) is 0. The van der Waals surface area contributed by atoms with E-state index in [-0.39, 0.29) is 28.7 Å². The van der Waals surface area contributed by atoms with Crippen molar-refractivity contribution in [3.05, 3.63) is 42.0 Å². The average molecular weight is 590 g/mol. The van der Waals surface area contributed by atoms with E-state index in [1.807, 2.05) is 33.8 Å². The normalized spacial score (nSPS) is 15.9. The summed E-state index contributed by atoms with van der Waals surface area (Å²) in [6, 6.07) is 9.80. The lowest BCUT2D eigenvalue weighted by Gasteiger charge is -2.26. The average Bonchev–Trinajstić information content (AvgIpc) is 3.60. The molecule has 1 aliphatic heterocycles. The highest BCUT2D eigenvalue weighted by Crippen LogP contribution is 2.40. The van der Waals surface area contributed by atoms with Gasteiger partial charge in [0.25, 0.3) is 5.91 Å². The van der Waals surface area contributed by atoms with Crippen LogP contribution in [0.4, 0.5) is 5.13 Å². The lowest BCUT2D eigenvalue weighted by atomic mass is 10.2. The summed E-state index contributed by atoms with van der Waals surface area (Å²) in [5, 5.41) is 0.495. The molecule has 2 heterocycles. The van der Waals surface area contributed by atoms with Crippen LogP contribution >= 0.6 is 11.3 Å². The van der Waals surface area contributed by atoms with Crippen LogP contribution in [-0.4, -0.2) is 70.2 Å². The maximum atomic E-state index is 13.9. The molecule has 9 nitrogen and oxygen atoms in total. The zero-order valence-corrected chi connectivity index (χ0v) is 25.7. The highest BCUT2D eigenvalue weighted by molar-refractivity contribution is 7.89. The fourth-order valence-electron chi connectivity index (χ4n) is 4.79. The third kappa shape index (κ3) is 6.59. The number of aromatic nitrogens is 1. The second-order valence-corrected chi connectivity index (χ2v) is 13.7. The summed E-state index contributed by atoms with van der Waals surface area (Å²) in [7, 11) is -0.537. The first-order chi connectivity index (χ1) is 19.0. The predicted molar refractivity (Wildman–Crippen MR) is 158 cm³/mol. The van der Waals surface area contributed by atoms with Crippen molar-refractivity contribution in [1.29, 1.82) is 0 Å². The zero-order chi connectivity index (χ0) is 29.0. The van der Waals surface area contributed by atoms with E-state index in [4.69, 9.17) is 19.2 Å². The van der Waals surface area contributed by atoms with E-state index in [1.54, 1.807) is 37.3 Å². The Morgan fingerprint density at radius 2 is 1.65 bits per heavy atom. The van der Waals surface area contributed by atoms with Gasteiger partial charge in [-0.1, -0.05) is 39.0 Å². The third-order valence-corrected chi connectivity index (χ3v) is 9.60. The molecule has 1 unspecified atom stereocenters. The van der Waals surface area contributed by atoms with E-state index in [1.165, 1.54) is 27.8 Å². The molecule has 0 aliphatic carbocycles. The number of methoxy groups -OCH3 is 2. The molecule has 1 aromatic heterocycles. The van der Waals surface area contributed by atoms with Gasteiger partial charge in [-0.3, -0.25) is 9.69 Å². The first kappa shape index (κ1) is 30.2. The molecular weight excluding hydrogens is 550 g/mol. The van der Waals surface area contributed by atoms with E-state index in [9.17, 15) is 13.2 Å². The van der Waals surface area contributed by atoms with Gasteiger partial charge in [0, 0.05) is 25.3 Å². The molecule has 4 rings (SSSR count). The molecule has 1 amide bonds. The number of nitrogens with zero attached hydrogens (tertiary/aromatic N) is 3. The fraction of sp³-hybridized carbons (Fsp3) is 0.517. The summed E-state index contributed by atoms with van der Waals surface area (Å²) < 4.78 is 46.2. The van der Waals surface area contributed by atoms with Gasteiger partial charge in [0.2, 0.25) is 10.0 Å². The second kappa shape index (κ2) is 12.8. The highest BCUT2D eigenvalue weighted by atomic mass is 32.2. The molecule has 0 N–H and O–H groups in total. The Morgan fingerprint density at radius 3 is 2.20 bits per heavy atom. The SMILES string of the molecule is COc1ccc(OC)c2sc(N(CC3CCCO3)C(=O)c3ccc(S(=O)(=O)N(CC(C)C)CC(C)C)cc3)nc12. The van der Waals surface area contributed by atoms with E-state index >= 15 is 0 Å². The molecule has 1 fully saturated rings. The maximum absolute atomic E-state index is 13.9. The molecule has 0 radical (unpaired) electrons. The minimum absolute atomic E-state index is 0.111. The number of anilines is 1. The molecule has 0 spiro atoms. The van der Waals surface area contributed by atoms with Crippen molar-refractivity contribution in [1.82, 2.24) is 9.29 Å².